The van der Waals surface area contributed by atoms with Crippen molar-refractivity contribution in [2.75, 3.05) is 26.2 Å². The Kier molecular flexibility index (Phi) is 7.72. The molecule has 2 saturated heterocycles. The highest BCUT2D eigenvalue weighted by atomic mass is 35.5. The summed E-state index contributed by atoms with van der Waals surface area (Å²) in [6.07, 6.45) is 4.81. The molecule has 3 heterocycles. The lowest BCUT2D eigenvalue weighted by Gasteiger charge is -2.33. The van der Waals surface area contributed by atoms with Crippen molar-refractivity contribution in [1.82, 2.24) is 25.1 Å². The second-order valence-electron chi connectivity index (χ2n) is 8.20. The topological polar surface area (TPSA) is 79.3 Å². The van der Waals surface area contributed by atoms with Crippen LogP contribution in [0.15, 0.2) is 24.3 Å². The van der Waals surface area contributed by atoms with Crippen LogP contribution in [0.4, 0.5) is 0 Å². The van der Waals surface area contributed by atoms with E-state index in [4.69, 9.17) is 0 Å². The summed E-state index contributed by atoms with van der Waals surface area (Å²) in [5.74, 6) is 1.51. The van der Waals surface area contributed by atoms with Gasteiger partial charge >= 0.3 is 0 Å². The van der Waals surface area contributed by atoms with Crippen molar-refractivity contribution in [3.8, 4) is 0 Å². The lowest BCUT2D eigenvalue weighted by molar-refractivity contribution is -0.133. The first-order valence-corrected chi connectivity index (χ1v) is 10.9. The largest absolute Gasteiger partial charge is 0.354 e. The van der Waals surface area contributed by atoms with E-state index in [9.17, 15) is 9.59 Å². The molecular formula is C22H32ClN5O2. The Hall–Kier alpha value is -2.12. The number of rotatable bonds is 6. The molecule has 2 atom stereocenters. The van der Waals surface area contributed by atoms with E-state index in [2.05, 4.69) is 27.1 Å². The minimum atomic E-state index is -0.0432. The van der Waals surface area contributed by atoms with Gasteiger partial charge < -0.3 is 20.1 Å². The van der Waals surface area contributed by atoms with Gasteiger partial charge in [-0.15, -0.1) is 12.4 Å². The fourth-order valence-corrected chi connectivity index (χ4v) is 4.54. The molecule has 0 bridgehead atoms. The van der Waals surface area contributed by atoms with Crippen LogP contribution >= 0.6 is 12.4 Å². The van der Waals surface area contributed by atoms with Gasteiger partial charge in [-0.05, 0) is 50.3 Å². The van der Waals surface area contributed by atoms with Gasteiger partial charge in [0.05, 0.1) is 17.1 Å². The maximum absolute atomic E-state index is 13.1. The number of amides is 2. The van der Waals surface area contributed by atoms with Crippen molar-refractivity contribution < 1.29 is 9.59 Å². The number of imidazole rings is 1. The number of nitrogens with one attached hydrogen (secondary N) is 2. The minimum absolute atomic E-state index is 0. The number of halogens is 1. The molecule has 2 aliphatic heterocycles. The molecule has 7 nitrogen and oxygen atoms in total. The number of piperidine rings is 1. The second-order valence-corrected chi connectivity index (χ2v) is 8.20. The minimum Gasteiger partial charge on any atom is -0.354 e. The summed E-state index contributed by atoms with van der Waals surface area (Å²) >= 11 is 0. The van der Waals surface area contributed by atoms with Crippen molar-refractivity contribution in [2.24, 2.45) is 5.92 Å². The first-order valence-electron chi connectivity index (χ1n) is 10.9. The van der Waals surface area contributed by atoms with Crippen LogP contribution < -0.4 is 10.6 Å². The number of hydrogen-bond donors (Lipinski definition) is 2. The van der Waals surface area contributed by atoms with Gasteiger partial charge in [-0.25, -0.2) is 4.98 Å². The molecule has 2 amide bonds. The number of nitrogens with zero attached hydrogens (tertiary/aromatic N) is 3. The summed E-state index contributed by atoms with van der Waals surface area (Å²) in [4.78, 5) is 31.9. The van der Waals surface area contributed by atoms with E-state index < -0.39 is 0 Å². The standard InChI is InChI=1S/C22H31N5O2.ClH/c1-2-20-25-17-8-3-4-10-19(17)27(20)15-21(28)26-12-6-7-16(14-26)13-24-22(29)18-9-5-11-23-18;/h3-4,8,10,16,18,23H,2,5-7,9,11-15H2,1H3,(H,24,29);1H. The van der Waals surface area contributed by atoms with Crippen LogP contribution in [0, 0.1) is 5.92 Å². The number of aromatic nitrogens is 2. The molecule has 2 N–H and O–H groups in total. The van der Waals surface area contributed by atoms with Gasteiger partial charge in [0.25, 0.3) is 0 Å². The molecule has 0 radical (unpaired) electrons. The fraction of sp³-hybridized carbons (Fsp3) is 0.591. The molecule has 2 aliphatic rings. The molecule has 2 unspecified atom stereocenters. The summed E-state index contributed by atoms with van der Waals surface area (Å²) in [6, 6.07) is 7.95. The summed E-state index contributed by atoms with van der Waals surface area (Å²) in [5.41, 5.74) is 1.96. The molecule has 2 fully saturated rings. The molecular weight excluding hydrogens is 402 g/mol. The Morgan fingerprint density at radius 1 is 1.23 bits per heavy atom. The highest BCUT2D eigenvalue weighted by Crippen LogP contribution is 2.20. The molecule has 4 rings (SSSR count). The van der Waals surface area contributed by atoms with Crippen molar-refractivity contribution in [3.63, 3.8) is 0 Å². The Balaban J connectivity index is 0.00000256. The number of benzene rings is 1. The van der Waals surface area contributed by atoms with Gasteiger partial charge in [-0.2, -0.15) is 0 Å². The van der Waals surface area contributed by atoms with E-state index >= 15 is 0 Å². The zero-order chi connectivity index (χ0) is 20.2. The number of likely N-dealkylation sites (tertiary alicyclic amines) is 1. The number of fused-ring (bicyclic) bond motifs is 1. The molecule has 0 aliphatic carbocycles. The smallest absolute Gasteiger partial charge is 0.242 e. The summed E-state index contributed by atoms with van der Waals surface area (Å²) in [5, 5.41) is 6.32. The van der Waals surface area contributed by atoms with Crippen LogP contribution in [0.2, 0.25) is 0 Å². The van der Waals surface area contributed by atoms with E-state index in [-0.39, 0.29) is 30.3 Å². The van der Waals surface area contributed by atoms with Crippen LogP contribution in [0.25, 0.3) is 11.0 Å². The Morgan fingerprint density at radius 2 is 2.07 bits per heavy atom. The number of carbonyl (C=O) groups is 2. The summed E-state index contributed by atoms with van der Waals surface area (Å²) < 4.78 is 2.05. The van der Waals surface area contributed by atoms with E-state index in [0.717, 1.165) is 62.1 Å². The average molecular weight is 434 g/mol. The highest BCUT2D eigenvalue weighted by molar-refractivity contribution is 5.85. The van der Waals surface area contributed by atoms with E-state index in [1.54, 1.807) is 0 Å². The van der Waals surface area contributed by atoms with Gasteiger partial charge in [0.1, 0.15) is 12.4 Å². The van der Waals surface area contributed by atoms with Crippen LogP contribution in [0.5, 0.6) is 0 Å². The van der Waals surface area contributed by atoms with Gasteiger partial charge in [0.2, 0.25) is 11.8 Å². The van der Waals surface area contributed by atoms with Crippen LogP contribution in [-0.4, -0.2) is 58.5 Å². The highest BCUT2D eigenvalue weighted by Gasteiger charge is 2.27. The van der Waals surface area contributed by atoms with Gasteiger partial charge in [0.15, 0.2) is 0 Å². The molecule has 0 spiro atoms. The zero-order valence-corrected chi connectivity index (χ0v) is 18.4. The Bertz CT molecular complexity index is 878. The van der Waals surface area contributed by atoms with Crippen LogP contribution in [0.1, 0.15) is 38.4 Å². The molecule has 164 valence electrons. The van der Waals surface area contributed by atoms with Crippen molar-refractivity contribution in [1.29, 1.82) is 0 Å². The van der Waals surface area contributed by atoms with Gasteiger partial charge in [-0.1, -0.05) is 19.1 Å². The molecule has 1 aromatic carbocycles. The van der Waals surface area contributed by atoms with E-state index in [1.165, 1.54) is 0 Å². The lowest BCUT2D eigenvalue weighted by atomic mass is 9.97. The normalized spacial score (nSPS) is 21.4. The lowest BCUT2D eigenvalue weighted by Crippen LogP contribution is -2.47. The third-order valence-corrected chi connectivity index (χ3v) is 6.16. The summed E-state index contributed by atoms with van der Waals surface area (Å²) in [7, 11) is 0. The molecule has 30 heavy (non-hydrogen) atoms. The maximum atomic E-state index is 13.1. The average Bonchev–Trinajstić information content (AvgIpc) is 3.41. The Morgan fingerprint density at radius 3 is 2.83 bits per heavy atom. The second kappa shape index (κ2) is 10.3. The number of hydrogen-bond acceptors (Lipinski definition) is 4. The van der Waals surface area contributed by atoms with Crippen molar-refractivity contribution >= 4 is 35.3 Å². The fourth-order valence-electron chi connectivity index (χ4n) is 4.54. The van der Waals surface area contributed by atoms with Gasteiger partial charge in [0, 0.05) is 26.1 Å². The maximum Gasteiger partial charge on any atom is 0.242 e. The van der Waals surface area contributed by atoms with Crippen LogP contribution in [0.3, 0.4) is 0 Å². The number of carbonyl (C=O) groups excluding carboxylic acids is 2. The third-order valence-electron chi connectivity index (χ3n) is 6.16. The molecule has 0 saturated carbocycles. The number of para-hydroxylation sites is 2. The first kappa shape index (κ1) is 22.6. The molecule has 8 heteroatoms. The monoisotopic (exact) mass is 433 g/mol. The van der Waals surface area contributed by atoms with E-state index in [0.29, 0.717) is 25.6 Å². The van der Waals surface area contributed by atoms with Crippen LogP contribution in [-0.2, 0) is 22.6 Å². The van der Waals surface area contributed by atoms with E-state index in [1.807, 2.05) is 29.2 Å². The van der Waals surface area contributed by atoms with Crippen molar-refractivity contribution in [3.05, 3.63) is 30.1 Å². The quantitative estimate of drug-likeness (QED) is 0.731. The molecule has 2 aromatic rings. The predicted octanol–water partition coefficient (Wildman–Crippen LogP) is 2.13. The zero-order valence-electron chi connectivity index (χ0n) is 17.6. The first-order chi connectivity index (χ1) is 14.2. The molecule has 1 aromatic heterocycles. The Labute approximate surface area is 184 Å². The van der Waals surface area contributed by atoms with Gasteiger partial charge in [-0.3, -0.25) is 9.59 Å². The predicted molar refractivity (Wildman–Crippen MR) is 120 cm³/mol. The SMILES string of the molecule is CCc1nc2ccccc2n1CC(=O)N1CCCC(CNC(=O)C2CCCN2)C1.Cl. The third kappa shape index (κ3) is 4.95. The number of aryl methyl sites for hydroxylation is 1. The summed E-state index contributed by atoms with van der Waals surface area (Å²) in [6.45, 7) is 5.48. The van der Waals surface area contributed by atoms with Crippen molar-refractivity contribution in [2.45, 2.75) is 51.6 Å².